The van der Waals surface area contributed by atoms with Crippen LogP contribution in [0.4, 0.5) is 5.69 Å². The van der Waals surface area contributed by atoms with Gasteiger partial charge in [-0.1, -0.05) is 0 Å². The van der Waals surface area contributed by atoms with Gasteiger partial charge in [-0.05, 0) is 31.9 Å². The molecule has 1 aliphatic heterocycles. The molecule has 3 N–H and O–H groups in total. The minimum Gasteiger partial charge on any atom is -0.387 e. The van der Waals surface area contributed by atoms with Gasteiger partial charge in [0, 0.05) is 19.0 Å². The number of carbonyl (C=O) groups excluding carboxylic acids is 1. The van der Waals surface area contributed by atoms with Gasteiger partial charge in [-0.15, -0.1) is 0 Å². The van der Waals surface area contributed by atoms with Crippen LogP contribution in [0.5, 0.6) is 0 Å². The Labute approximate surface area is 107 Å². The zero-order valence-corrected chi connectivity index (χ0v) is 10.5. The van der Waals surface area contributed by atoms with Crippen molar-refractivity contribution in [1.29, 1.82) is 0 Å². The van der Waals surface area contributed by atoms with Crippen molar-refractivity contribution in [1.82, 2.24) is 4.98 Å². The van der Waals surface area contributed by atoms with E-state index in [0.29, 0.717) is 5.69 Å². The first-order valence-electron chi connectivity index (χ1n) is 6.26. The third-order valence-corrected chi connectivity index (χ3v) is 3.46. The topological polar surface area (TPSA) is 79.5 Å². The molecule has 1 aromatic rings. The number of hydrogen-bond donors (Lipinski definition) is 2. The summed E-state index contributed by atoms with van der Waals surface area (Å²) in [6.07, 6.45) is 2.83. The minimum atomic E-state index is -0.542. The molecule has 1 amide bonds. The summed E-state index contributed by atoms with van der Waals surface area (Å²) in [6.45, 7) is 3.34. The molecule has 1 fully saturated rings. The van der Waals surface area contributed by atoms with Gasteiger partial charge in [0.25, 0.3) is 0 Å². The van der Waals surface area contributed by atoms with Crippen LogP contribution >= 0.6 is 0 Å². The normalized spacial score (nSPS) is 18.7. The van der Waals surface area contributed by atoms with E-state index in [9.17, 15) is 9.90 Å². The maximum atomic E-state index is 11.1. The Kier molecular flexibility index (Phi) is 3.81. The van der Waals surface area contributed by atoms with Gasteiger partial charge in [0.05, 0.1) is 23.7 Å². The summed E-state index contributed by atoms with van der Waals surface area (Å²) in [7, 11) is 0. The average molecular weight is 249 g/mol. The van der Waals surface area contributed by atoms with E-state index in [2.05, 4.69) is 9.88 Å². The van der Waals surface area contributed by atoms with E-state index >= 15 is 0 Å². The zero-order valence-electron chi connectivity index (χ0n) is 10.5. The number of aromatic nitrogens is 1. The molecule has 18 heavy (non-hydrogen) atoms. The number of carbonyl (C=O) groups is 1. The molecule has 1 aliphatic rings. The number of rotatable bonds is 3. The second-order valence-electron chi connectivity index (χ2n) is 4.78. The predicted molar refractivity (Wildman–Crippen MR) is 69.0 cm³/mol. The van der Waals surface area contributed by atoms with Crippen LogP contribution < -0.4 is 10.6 Å². The number of nitrogens with zero attached hydrogens (tertiary/aromatic N) is 2. The molecule has 2 rings (SSSR count). The molecule has 0 aromatic carbocycles. The van der Waals surface area contributed by atoms with Crippen molar-refractivity contribution >= 4 is 11.6 Å². The van der Waals surface area contributed by atoms with Gasteiger partial charge in [0.2, 0.25) is 5.91 Å². The molecule has 5 nitrogen and oxygen atoms in total. The number of amides is 1. The van der Waals surface area contributed by atoms with Crippen molar-refractivity contribution in [3.05, 3.63) is 24.0 Å². The largest absolute Gasteiger partial charge is 0.387 e. The molecule has 1 saturated heterocycles. The second kappa shape index (κ2) is 5.35. The van der Waals surface area contributed by atoms with E-state index in [1.54, 1.807) is 13.1 Å². The highest BCUT2D eigenvalue weighted by atomic mass is 16.3. The molecule has 0 radical (unpaired) electrons. The Hall–Kier alpha value is -1.62. The highest BCUT2D eigenvalue weighted by Crippen LogP contribution is 2.23. The molecule has 1 aromatic heterocycles. The van der Waals surface area contributed by atoms with Crippen LogP contribution in [0.3, 0.4) is 0 Å². The van der Waals surface area contributed by atoms with E-state index in [0.717, 1.165) is 31.6 Å². The van der Waals surface area contributed by atoms with Crippen LogP contribution in [0, 0.1) is 5.92 Å². The highest BCUT2D eigenvalue weighted by Gasteiger charge is 2.23. The summed E-state index contributed by atoms with van der Waals surface area (Å²) in [4.78, 5) is 17.5. The van der Waals surface area contributed by atoms with Gasteiger partial charge in [0.15, 0.2) is 0 Å². The van der Waals surface area contributed by atoms with Gasteiger partial charge in [-0.25, -0.2) is 0 Å². The summed E-state index contributed by atoms with van der Waals surface area (Å²) >= 11 is 0. The number of pyridine rings is 1. The van der Waals surface area contributed by atoms with Crippen molar-refractivity contribution in [2.24, 2.45) is 11.7 Å². The SMILES string of the molecule is C[C@H](O)c1ccc(N2CCC(C(N)=O)CC2)cn1. The van der Waals surface area contributed by atoms with E-state index in [4.69, 9.17) is 5.73 Å². The average Bonchev–Trinajstić information content (AvgIpc) is 2.39. The standard InChI is InChI=1S/C13H19N3O2/c1-9(17)12-3-2-11(8-15-12)16-6-4-10(5-7-16)13(14)18/h2-3,8-10,17H,4-7H2,1H3,(H2,14,18)/t9-/m0/s1. The van der Waals surface area contributed by atoms with Crippen LogP contribution in [0.25, 0.3) is 0 Å². The molecular weight excluding hydrogens is 230 g/mol. The van der Waals surface area contributed by atoms with E-state index < -0.39 is 6.10 Å². The quantitative estimate of drug-likeness (QED) is 0.831. The first-order valence-corrected chi connectivity index (χ1v) is 6.26. The number of aliphatic hydroxyl groups is 1. The Morgan fingerprint density at radius 1 is 1.50 bits per heavy atom. The summed E-state index contributed by atoms with van der Waals surface area (Å²) in [5.74, 6) is -0.192. The first kappa shape index (κ1) is 12.8. The molecule has 98 valence electrons. The predicted octanol–water partition coefficient (Wildman–Crippen LogP) is 0.837. The Balaban J connectivity index is 1.99. The Morgan fingerprint density at radius 2 is 2.17 bits per heavy atom. The van der Waals surface area contributed by atoms with Crippen molar-refractivity contribution in [3.63, 3.8) is 0 Å². The summed E-state index contributed by atoms with van der Waals surface area (Å²) in [5.41, 5.74) is 7.01. The van der Waals surface area contributed by atoms with Crippen molar-refractivity contribution in [2.75, 3.05) is 18.0 Å². The lowest BCUT2D eigenvalue weighted by molar-refractivity contribution is -0.122. The summed E-state index contributed by atoms with van der Waals surface area (Å²) in [6, 6.07) is 3.79. The Morgan fingerprint density at radius 3 is 2.61 bits per heavy atom. The monoisotopic (exact) mass is 249 g/mol. The number of anilines is 1. The lowest BCUT2D eigenvalue weighted by atomic mass is 9.96. The molecule has 2 heterocycles. The van der Waals surface area contributed by atoms with Crippen molar-refractivity contribution in [2.45, 2.75) is 25.9 Å². The van der Waals surface area contributed by atoms with E-state index in [-0.39, 0.29) is 11.8 Å². The third kappa shape index (κ3) is 2.79. The van der Waals surface area contributed by atoms with Gasteiger partial charge in [-0.3, -0.25) is 9.78 Å². The maximum Gasteiger partial charge on any atom is 0.220 e. The molecule has 0 bridgehead atoms. The van der Waals surface area contributed by atoms with Crippen LogP contribution in [0.1, 0.15) is 31.6 Å². The first-order chi connectivity index (χ1) is 8.58. The van der Waals surface area contributed by atoms with Crippen LogP contribution in [0.15, 0.2) is 18.3 Å². The number of hydrogen-bond acceptors (Lipinski definition) is 4. The fraction of sp³-hybridized carbons (Fsp3) is 0.538. The van der Waals surface area contributed by atoms with E-state index in [1.165, 1.54) is 0 Å². The molecule has 0 spiro atoms. The van der Waals surface area contributed by atoms with Crippen LogP contribution in [0.2, 0.25) is 0 Å². The smallest absolute Gasteiger partial charge is 0.220 e. The minimum absolute atomic E-state index is 0.00551. The van der Waals surface area contributed by atoms with Gasteiger partial charge in [0.1, 0.15) is 0 Å². The van der Waals surface area contributed by atoms with Crippen molar-refractivity contribution in [3.8, 4) is 0 Å². The molecule has 0 aliphatic carbocycles. The maximum absolute atomic E-state index is 11.1. The van der Waals surface area contributed by atoms with Gasteiger partial charge >= 0.3 is 0 Å². The van der Waals surface area contributed by atoms with Crippen LogP contribution in [-0.2, 0) is 4.79 Å². The lowest BCUT2D eigenvalue weighted by Crippen LogP contribution is -2.38. The van der Waals surface area contributed by atoms with Gasteiger partial charge in [-0.2, -0.15) is 0 Å². The number of aliphatic hydroxyl groups excluding tert-OH is 1. The second-order valence-corrected chi connectivity index (χ2v) is 4.78. The molecule has 5 heteroatoms. The fourth-order valence-electron chi connectivity index (χ4n) is 2.25. The van der Waals surface area contributed by atoms with Crippen molar-refractivity contribution < 1.29 is 9.90 Å². The highest BCUT2D eigenvalue weighted by molar-refractivity contribution is 5.77. The lowest BCUT2D eigenvalue weighted by Gasteiger charge is -2.32. The number of piperidine rings is 1. The summed E-state index contributed by atoms with van der Waals surface area (Å²) < 4.78 is 0. The third-order valence-electron chi connectivity index (χ3n) is 3.46. The zero-order chi connectivity index (χ0) is 13.1. The molecule has 0 saturated carbocycles. The fourth-order valence-corrected chi connectivity index (χ4v) is 2.25. The number of nitrogens with two attached hydrogens (primary N) is 1. The molecule has 1 atom stereocenters. The molecular formula is C13H19N3O2. The van der Waals surface area contributed by atoms with E-state index in [1.807, 2.05) is 12.1 Å². The molecule has 0 unspecified atom stereocenters. The Bertz CT molecular complexity index is 409. The van der Waals surface area contributed by atoms with Crippen LogP contribution in [-0.4, -0.2) is 29.1 Å². The number of primary amides is 1. The van der Waals surface area contributed by atoms with Gasteiger partial charge < -0.3 is 15.7 Å². The summed E-state index contributed by atoms with van der Waals surface area (Å²) in [5, 5.41) is 9.39.